The Labute approximate surface area is 112 Å². The third-order valence-corrected chi connectivity index (χ3v) is 2.99. The van der Waals surface area contributed by atoms with Crippen molar-refractivity contribution in [3.8, 4) is 11.5 Å². The molecule has 0 saturated carbocycles. The highest BCUT2D eigenvalue weighted by molar-refractivity contribution is 9.08. The van der Waals surface area contributed by atoms with E-state index in [4.69, 9.17) is 4.74 Å². The first-order valence-corrected chi connectivity index (χ1v) is 6.38. The zero-order valence-corrected chi connectivity index (χ0v) is 11.0. The van der Waals surface area contributed by atoms with E-state index in [2.05, 4.69) is 15.9 Å². The summed E-state index contributed by atoms with van der Waals surface area (Å²) in [5.41, 5.74) is 1.16. The predicted octanol–water partition coefficient (Wildman–Crippen LogP) is 4.28. The van der Waals surface area contributed by atoms with Gasteiger partial charge < -0.3 is 4.74 Å². The van der Waals surface area contributed by atoms with E-state index in [1.54, 1.807) is 12.1 Å². The van der Waals surface area contributed by atoms with E-state index in [9.17, 15) is 10.1 Å². The summed E-state index contributed by atoms with van der Waals surface area (Å²) in [5, 5.41) is 11.4. The van der Waals surface area contributed by atoms with Crippen molar-refractivity contribution in [3.05, 3.63) is 64.2 Å². The molecule has 0 radical (unpaired) electrons. The van der Waals surface area contributed by atoms with Gasteiger partial charge in [-0.2, -0.15) is 0 Å². The summed E-state index contributed by atoms with van der Waals surface area (Å²) in [6.07, 6.45) is 0. The van der Waals surface area contributed by atoms with Crippen molar-refractivity contribution in [2.24, 2.45) is 0 Å². The van der Waals surface area contributed by atoms with E-state index < -0.39 is 4.92 Å². The van der Waals surface area contributed by atoms with Crippen molar-refractivity contribution in [2.45, 2.75) is 5.33 Å². The molecule has 18 heavy (non-hydrogen) atoms. The summed E-state index contributed by atoms with van der Waals surface area (Å²) in [5.74, 6) is 1.11. The Hall–Kier alpha value is -1.88. The van der Waals surface area contributed by atoms with Crippen molar-refractivity contribution in [1.29, 1.82) is 0 Å². The summed E-state index contributed by atoms with van der Waals surface area (Å²) in [6.45, 7) is 0. The Morgan fingerprint density at radius 2 is 1.83 bits per heavy atom. The highest BCUT2D eigenvalue weighted by Crippen LogP contribution is 2.25. The van der Waals surface area contributed by atoms with Crippen molar-refractivity contribution >= 4 is 21.6 Å². The van der Waals surface area contributed by atoms with Gasteiger partial charge in [-0.1, -0.05) is 34.1 Å². The highest BCUT2D eigenvalue weighted by Gasteiger charge is 2.06. The van der Waals surface area contributed by atoms with Gasteiger partial charge in [-0.25, -0.2) is 0 Å². The molecule has 4 nitrogen and oxygen atoms in total. The molecule has 92 valence electrons. The van der Waals surface area contributed by atoms with Crippen LogP contribution in [0.4, 0.5) is 5.69 Å². The van der Waals surface area contributed by atoms with Gasteiger partial charge in [0.15, 0.2) is 0 Å². The number of rotatable bonds is 4. The maximum absolute atomic E-state index is 10.6. The number of halogens is 1. The fourth-order valence-corrected chi connectivity index (χ4v) is 1.82. The molecule has 0 aliphatic carbocycles. The molecule has 0 fully saturated rings. The zero-order valence-electron chi connectivity index (χ0n) is 9.38. The Morgan fingerprint density at radius 1 is 1.11 bits per heavy atom. The highest BCUT2D eigenvalue weighted by atomic mass is 79.9. The number of nitrogens with zero attached hydrogens (tertiary/aromatic N) is 1. The van der Waals surface area contributed by atoms with Gasteiger partial charge in [0.1, 0.15) is 11.5 Å². The lowest BCUT2D eigenvalue weighted by Crippen LogP contribution is -1.89. The van der Waals surface area contributed by atoms with Gasteiger partial charge in [-0.3, -0.25) is 10.1 Å². The van der Waals surface area contributed by atoms with Crippen LogP contribution in [0, 0.1) is 10.1 Å². The van der Waals surface area contributed by atoms with Gasteiger partial charge in [0.25, 0.3) is 5.69 Å². The Kier molecular flexibility index (Phi) is 3.94. The van der Waals surface area contributed by atoms with Crippen LogP contribution in [0.3, 0.4) is 0 Å². The second kappa shape index (κ2) is 5.64. The summed E-state index contributed by atoms with van der Waals surface area (Å²) < 4.78 is 5.55. The molecule has 0 saturated heterocycles. The van der Waals surface area contributed by atoms with Crippen molar-refractivity contribution in [2.75, 3.05) is 0 Å². The molecule has 0 aliphatic rings. The number of hydrogen-bond donors (Lipinski definition) is 0. The van der Waals surface area contributed by atoms with E-state index in [1.807, 2.05) is 24.3 Å². The number of non-ortho nitro benzene ring substituents is 1. The first kappa shape index (κ1) is 12.6. The molecule has 0 heterocycles. The van der Waals surface area contributed by atoms with E-state index in [-0.39, 0.29) is 5.69 Å². The average molecular weight is 308 g/mol. The number of nitro groups is 1. The quantitative estimate of drug-likeness (QED) is 0.481. The second-order valence-electron chi connectivity index (χ2n) is 3.63. The maximum atomic E-state index is 10.6. The van der Waals surface area contributed by atoms with Crippen LogP contribution in [0.15, 0.2) is 48.5 Å². The van der Waals surface area contributed by atoms with Crippen LogP contribution < -0.4 is 4.74 Å². The summed E-state index contributed by atoms with van der Waals surface area (Å²) in [4.78, 5) is 10.2. The van der Waals surface area contributed by atoms with Gasteiger partial charge in [0.2, 0.25) is 0 Å². The molecule has 5 heteroatoms. The summed E-state index contributed by atoms with van der Waals surface area (Å²) in [7, 11) is 0. The van der Waals surface area contributed by atoms with Crippen LogP contribution in [0.1, 0.15) is 5.56 Å². The molecule has 2 rings (SSSR count). The molecule has 0 unspecified atom stereocenters. The zero-order chi connectivity index (χ0) is 13.0. The molecule has 0 bridgehead atoms. The molecule has 0 spiro atoms. The average Bonchev–Trinajstić information content (AvgIpc) is 2.40. The molecule has 0 N–H and O–H groups in total. The number of benzene rings is 2. The fourth-order valence-electron chi connectivity index (χ4n) is 1.44. The monoisotopic (exact) mass is 307 g/mol. The third kappa shape index (κ3) is 3.07. The SMILES string of the molecule is O=[N+]([O-])c1cccc(Oc2ccc(CBr)cc2)c1. The Morgan fingerprint density at radius 3 is 2.44 bits per heavy atom. The lowest BCUT2D eigenvalue weighted by Gasteiger charge is -2.05. The Balaban J connectivity index is 2.17. The fraction of sp³-hybridized carbons (Fsp3) is 0.0769. The van der Waals surface area contributed by atoms with E-state index >= 15 is 0 Å². The molecule has 0 aliphatic heterocycles. The van der Waals surface area contributed by atoms with Crippen molar-refractivity contribution < 1.29 is 9.66 Å². The van der Waals surface area contributed by atoms with Crippen LogP contribution in [0.2, 0.25) is 0 Å². The topological polar surface area (TPSA) is 52.4 Å². The van der Waals surface area contributed by atoms with E-state index in [0.717, 1.165) is 10.9 Å². The lowest BCUT2D eigenvalue weighted by atomic mass is 10.2. The smallest absolute Gasteiger partial charge is 0.273 e. The van der Waals surface area contributed by atoms with Crippen LogP contribution in [-0.2, 0) is 5.33 Å². The molecule has 2 aromatic rings. The van der Waals surface area contributed by atoms with Gasteiger partial charge in [0.05, 0.1) is 11.0 Å². The van der Waals surface area contributed by atoms with Gasteiger partial charge in [-0.05, 0) is 23.8 Å². The van der Waals surface area contributed by atoms with Crippen molar-refractivity contribution in [1.82, 2.24) is 0 Å². The summed E-state index contributed by atoms with van der Waals surface area (Å²) in [6, 6.07) is 13.6. The molecule has 0 aromatic heterocycles. The number of nitro benzene ring substituents is 1. The minimum absolute atomic E-state index is 0.0181. The van der Waals surface area contributed by atoms with Gasteiger partial charge in [0, 0.05) is 11.4 Å². The van der Waals surface area contributed by atoms with Gasteiger partial charge in [-0.15, -0.1) is 0 Å². The minimum Gasteiger partial charge on any atom is -0.457 e. The van der Waals surface area contributed by atoms with Crippen LogP contribution in [0.25, 0.3) is 0 Å². The maximum Gasteiger partial charge on any atom is 0.273 e. The predicted molar refractivity (Wildman–Crippen MR) is 72.2 cm³/mol. The first-order valence-electron chi connectivity index (χ1n) is 5.26. The van der Waals surface area contributed by atoms with Gasteiger partial charge >= 0.3 is 0 Å². The largest absolute Gasteiger partial charge is 0.457 e. The second-order valence-corrected chi connectivity index (χ2v) is 4.19. The summed E-state index contributed by atoms with van der Waals surface area (Å²) >= 11 is 3.36. The standard InChI is InChI=1S/C13H10BrNO3/c14-9-10-4-6-12(7-5-10)18-13-3-1-2-11(8-13)15(16)17/h1-8H,9H2. The third-order valence-electron chi connectivity index (χ3n) is 2.34. The molecule has 0 amide bonds. The van der Waals surface area contributed by atoms with Crippen LogP contribution in [0.5, 0.6) is 11.5 Å². The van der Waals surface area contributed by atoms with E-state index in [0.29, 0.717) is 11.5 Å². The molecular formula is C13H10BrNO3. The van der Waals surface area contributed by atoms with Crippen LogP contribution in [-0.4, -0.2) is 4.92 Å². The lowest BCUT2D eigenvalue weighted by molar-refractivity contribution is -0.384. The van der Waals surface area contributed by atoms with E-state index in [1.165, 1.54) is 12.1 Å². The molecule has 2 aromatic carbocycles. The Bertz CT molecular complexity index is 554. The number of alkyl halides is 1. The molecular weight excluding hydrogens is 298 g/mol. The molecule has 0 atom stereocenters. The minimum atomic E-state index is -0.444. The number of hydrogen-bond acceptors (Lipinski definition) is 3. The van der Waals surface area contributed by atoms with Crippen LogP contribution >= 0.6 is 15.9 Å². The normalized spacial score (nSPS) is 10.1. The number of ether oxygens (including phenoxy) is 1. The first-order chi connectivity index (χ1) is 8.69. The van der Waals surface area contributed by atoms with Crippen molar-refractivity contribution in [3.63, 3.8) is 0 Å².